The van der Waals surface area contributed by atoms with Crippen molar-refractivity contribution in [3.8, 4) is 11.1 Å². The lowest BCUT2D eigenvalue weighted by Gasteiger charge is -2.06. The van der Waals surface area contributed by atoms with Crippen molar-refractivity contribution in [2.24, 2.45) is 5.73 Å². The smallest absolute Gasteiger partial charge is 0.0944 e. The Morgan fingerprint density at radius 3 is 1.94 bits per heavy atom. The molecule has 3 nitrogen and oxygen atoms in total. The Labute approximate surface area is 107 Å². The minimum atomic E-state index is 0.440. The fourth-order valence-corrected chi connectivity index (χ4v) is 1.80. The summed E-state index contributed by atoms with van der Waals surface area (Å²) in [6, 6.07) is 16.3. The number of nitrogens with two attached hydrogens (primary N) is 1. The molecule has 0 fully saturated rings. The Hall–Kier alpha value is -2.13. The summed E-state index contributed by atoms with van der Waals surface area (Å²) in [6.45, 7) is 2.29. The van der Waals surface area contributed by atoms with Crippen molar-refractivity contribution in [1.29, 1.82) is 5.41 Å². The van der Waals surface area contributed by atoms with Gasteiger partial charge in [-0.3, -0.25) is 5.41 Å². The van der Waals surface area contributed by atoms with Gasteiger partial charge in [-0.1, -0.05) is 36.4 Å². The number of hydrogen-bond donors (Lipinski definition) is 3. The summed E-state index contributed by atoms with van der Waals surface area (Å²) in [4.78, 5) is 0. The standard InChI is InChI=1S/C15H17N3/c1-11(17)18-15-8-6-14(7-9-15)13-4-2-12(10-16)3-5-13/h2-9H,10,16H2,1H3,(H2,17,18). The topological polar surface area (TPSA) is 61.9 Å². The summed E-state index contributed by atoms with van der Waals surface area (Å²) in [5.74, 6) is 0.440. The minimum absolute atomic E-state index is 0.440. The van der Waals surface area contributed by atoms with E-state index in [1.54, 1.807) is 6.92 Å². The van der Waals surface area contributed by atoms with Gasteiger partial charge in [-0.15, -0.1) is 0 Å². The fourth-order valence-electron chi connectivity index (χ4n) is 1.80. The van der Waals surface area contributed by atoms with Crippen molar-refractivity contribution < 1.29 is 0 Å². The van der Waals surface area contributed by atoms with Gasteiger partial charge < -0.3 is 11.1 Å². The molecular weight excluding hydrogens is 222 g/mol. The number of benzene rings is 2. The van der Waals surface area contributed by atoms with E-state index in [-0.39, 0.29) is 0 Å². The highest BCUT2D eigenvalue weighted by Crippen LogP contribution is 2.21. The molecule has 92 valence electrons. The molecule has 2 rings (SSSR count). The lowest BCUT2D eigenvalue weighted by Crippen LogP contribution is -2.04. The third kappa shape index (κ3) is 2.96. The molecule has 0 radical (unpaired) electrons. The van der Waals surface area contributed by atoms with Gasteiger partial charge >= 0.3 is 0 Å². The van der Waals surface area contributed by atoms with Gasteiger partial charge in [0, 0.05) is 12.2 Å². The van der Waals surface area contributed by atoms with Crippen LogP contribution in [-0.4, -0.2) is 5.84 Å². The molecule has 0 aliphatic heterocycles. The van der Waals surface area contributed by atoms with Crippen LogP contribution in [-0.2, 0) is 6.54 Å². The predicted octanol–water partition coefficient (Wildman–Crippen LogP) is 3.22. The lowest BCUT2D eigenvalue weighted by molar-refractivity contribution is 1.07. The van der Waals surface area contributed by atoms with Crippen molar-refractivity contribution in [1.82, 2.24) is 0 Å². The van der Waals surface area contributed by atoms with E-state index >= 15 is 0 Å². The molecule has 4 N–H and O–H groups in total. The third-order valence-corrected chi connectivity index (χ3v) is 2.74. The molecule has 0 aliphatic carbocycles. The van der Waals surface area contributed by atoms with Gasteiger partial charge in [-0.25, -0.2) is 0 Å². The Bertz CT molecular complexity index is 527. The van der Waals surface area contributed by atoms with Crippen molar-refractivity contribution in [3.63, 3.8) is 0 Å². The van der Waals surface area contributed by atoms with Crippen molar-refractivity contribution in [3.05, 3.63) is 54.1 Å². The average Bonchev–Trinajstić information content (AvgIpc) is 2.39. The van der Waals surface area contributed by atoms with Crippen LogP contribution < -0.4 is 11.1 Å². The molecule has 3 heteroatoms. The SMILES string of the molecule is CC(=N)Nc1ccc(-c2ccc(CN)cc2)cc1. The predicted molar refractivity (Wildman–Crippen MR) is 76.8 cm³/mol. The lowest BCUT2D eigenvalue weighted by atomic mass is 10.0. The molecular formula is C15H17N3. The van der Waals surface area contributed by atoms with Crippen LogP contribution in [0.2, 0.25) is 0 Å². The van der Waals surface area contributed by atoms with E-state index in [4.69, 9.17) is 11.1 Å². The Kier molecular flexibility index (Phi) is 3.75. The molecule has 2 aromatic rings. The Morgan fingerprint density at radius 1 is 1.00 bits per heavy atom. The summed E-state index contributed by atoms with van der Waals surface area (Å²) < 4.78 is 0. The maximum Gasteiger partial charge on any atom is 0.0944 e. The van der Waals surface area contributed by atoms with Crippen LogP contribution in [0, 0.1) is 5.41 Å². The zero-order chi connectivity index (χ0) is 13.0. The summed E-state index contributed by atoms with van der Waals surface area (Å²) >= 11 is 0. The summed E-state index contributed by atoms with van der Waals surface area (Å²) in [6.07, 6.45) is 0. The second-order valence-electron chi connectivity index (χ2n) is 4.23. The quantitative estimate of drug-likeness (QED) is 0.569. The van der Waals surface area contributed by atoms with Crippen LogP contribution in [0.1, 0.15) is 12.5 Å². The largest absolute Gasteiger partial charge is 0.344 e. The van der Waals surface area contributed by atoms with Crippen molar-refractivity contribution >= 4 is 11.5 Å². The van der Waals surface area contributed by atoms with E-state index in [2.05, 4.69) is 17.4 Å². The number of rotatable bonds is 3. The first kappa shape index (κ1) is 12.3. The van der Waals surface area contributed by atoms with Gasteiger partial charge in [0.2, 0.25) is 0 Å². The molecule has 2 aromatic carbocycles. The number of amidine groups is 1. The van der Waals surface area contributed by atoms with Gasteiger partial charge in [0.15, 0.2) is 0 Å². The molecule has 0 amide bonds. The zero-order valence-electron chi connectivity index (χ0n) is 10.4. The molecule has 0 aromatic heterocycles. The molecule has 0 aliphatic rings. The van der Waals surface area contributed by atoms with Crippen molar-refractivity contribution in [2.45, 2.75) is 13.5 Å². The van der Waals surface area contributed by atoms with E-state index in [0.717, 1.165) is 16.8 Å². The molecule has 18 heavy (non-hydrogen) atoms. The molecule has 0 saturated heterocycles. The number of hydrogen-bond acceptors (Lipinski definition) is 2. The van der Waals surface area contributed by atoms with Crippen LogP contribution in [0.4, 0.5) is 5.69 Å². The maximum absolute atomic E-state index is 7.37. The minimum Gasteiger partial charge on any atom is -0.344 e. The molecule has 0 spiro atoms. The molecule has 0 saturated carbocycles. The zero-order valence-corrected chi connectivity index (χ0v) is 10.4. The second kappa shape index (κ2) is 5.47. The molecule has 0 heterocycles. The van der Waals surface area contributed by atoms with Gasteiger partial charge in [0.05, 0.1) is 5.84 Å². The average molecular weight is 239 g/mol. The van der Waals surface area contributed by atoms with E-state index < -0.39 is 0 Å². The van der Waals surface area contributed by atoms with Crippen LogP contribution in [0.3, 0.4) is 0 Å². The highest BCUT2D eigenvalue weighted by atomic mass is 14.9. The molecule has 0 atom stereocenters. The molecule has 0 unspecified atom stereocenters. The summed E-state index contributed by atoms with van der Waals surface area (Å²) in [5.41, 5.74) is 9.98. The highest BCUT2D eigenvalue weighted by molar-refractivity contribution is 5.91. The van der Waals surface area contributed by atoms with Gasteiger partial charge in [-0.2, -0.15) is 0 Å². The van der Waals surface area contributed by atoms with Gasteiger partial charge in [0.25, 0.3) is 0 Å². The van der Waals surface area contributed by atoms with Crippen molar-refractivity contribution in [2.75, 3.05) is 5.32 Å². The Balaban J connectivity index is 2.20. The first-order valence-electron chi connectivity index (χ1n) is 5.90. The first-order chi connectivity index (χ1) is 8.69. The normalized spacial score (nSPS) is 10.1. The number of anilines is 1. The van der Waals surface area contributed by atoms with Crippen LogP contribution in [0.5, 0.6) is 0 Å². The second-order valence-corrected chi connectivity index (χ2v) is 4.23. The van der Waals surface area contributed by atoms with Crippen LogP contribution >= 0.6 is 0 Å². The van der Waals surface area contributed by atoms with E-state index in [0.29, 0.717) is 12.4 Å². The van der Waals surface area contributed by atoms with Crippen LogP contribution in [0.15, 0.2) is 48.5 Å². The van der Waals surface area contributed by atoms with Crippen LogP contribution in [0.25, 0.3) is 11.1 Å². The number of nitrogens with one attached hydrogen (secondary N) is 2. The maximum atomic E-state index is 7.37. The van der Waals surface area contributed by atoms with E-state index in [1.807, 2.05) is 36.4 Å². The molecule has 0 bridgehead atoms. The Morgan fingerprint density at radius 2 is 1.50 bits per heavy atom. The van der Waals surface area contributed by atoms with E-state index in [1.165, 1.54) is 5.56 Å². The summed E-state index contributed by atoms with van der Waals surface area (Å²) in [7, 11) is 0. The fraction of sp³-hybridized carbons (Fsp3) is 0.133. The monoisotopic (exact) mass is 239 g/mol. The van der Waals surface area contributed by atoms with Gasteiger partial charge in [0.1, 0.15) is 0 Å². The third-order valence-electron chi connectivity index (χ3n) is 2.74. The van der Waals surface area contributed by atoms with E-state index in [9.17, 15) is 0 Å². The highest BCUT2D eigenvalue weighted by Gasteiger charge is 1.98. The van der Waals surface area contributed by atoms with Gasteiger partial charge in [-0.05, 0) is 35.7 Å². The summed E-state index contributed by atoms with van der Waals surface area (Å²) in [5, 5.41) is 10.3. The first-order valence-corrected chi connectivity index (χ1v) is 5.90.